The maximum atomic E-state index is 6.08. The minimum absolute atomic E-state index is 0.0228. The molecule has 0 radical (unpaired) electrons. The Labute approximate surface area is 207 Å². The highest BCUT2D eigenvalue weighted by atomic mass is 16.7. The van der Waals surface area contributed by atoms with E-state index in [1.807, 2.05) is 0 Å². The quantitative estimate of drug-likeness (QED) is 0.0648. The minimum atomic E-state index is 0.0228. The summed E-state index contributed by atoms with van der Waals surface area (Å²) in [5.74, 6) is 0. The van der Waals surface area contributed by atoms with Gasteiger partial charge in [-0.15, -0.1) is 0 Å². The third kappa shape index (κ3) is 27.5. The van der Waals surface area contributed by atoms with E-state index in [1.54, 1.807) is 13.4 Å². The molecule has 0 atom stereocenters. The monoisotopic (exact) mass is 470 g/mol. The average molecular weight is 471 g/mol. The van der Waals surface area contributed by atoms with Crippen LogP contribution in [0.2, 0.25) is 0 Å². The predicted octanol–water partition coefficient (Wildman–Crippen LogP) is 9.32. The second-order valence-electron chi connectivity index (χ2n) is 9.35. The molecule has 4 heteroatoms. The van der Waals surface area contributed by atoms with Crippen molar-refractivity contribution >= 4 is 0 Å². The fraction of sp³-hybridized carbons (Fsp3) is 0.931. The Hall–Kier alpha value is -0.580. The summed E-state index contributed by atoms with van der Waals surface area (Å²) in [6.45, 7) is 6.57. The van der Waals surface area contributed by atoms with Crippen LogP contribution < -0.4 is 0 Å². The van der Waals surface area contributed by atoms with Gasteiger partial charge in [0.2, 0.25) is 0 Å². The van der Waals surface area contributed by atoms with Gasteiger partial charge in [0.1, 0.15) is 0 Å². The second kappa shape index (κ2) is 29.5. The first-order chi connectivity index (χ1) is 16.3. The first-order valence-corrected chi connectivity index (χ1v) is 14.3. The molecule has 0 N–H and O–H groups in total. The van der Waals surface area contributed by atoms with Crippen molar-refractivity contribution in [3.63, 3.8) is 0 Å². The maximum absolute atomic E-state index is 6.08. The number of unbranched alkanes of at least 4 members (excludes halogenated alkanes) is 16. The SMILES string of the molecule is CCCCCCOC(CCCCCCCCCCCCC=COCOC)OCCCCCC. The van der Waals surface area contributed by atoms with E-state index in [2.05, 4.69) is 19.9 Å². The largest absolute Gasteiger partial charge is 0.476 e. The lowest BCUT2D eigenvalue weighted by atomic mass is 10.1. The Bertz CT molecular complexity index is 359. The fourth-order valence-corrected chi connectivity index (χ4v) is 3.93. The number of hydrogen-bond donors (Lipinski definition) is 0. The molecule has 0 aliphatic heterocycles. The Morgan fingerprint density at radius 3 is 1.58 bits per heavy atom. The van der Waals surface area contributed by atoms with Gasteiger partial charge in [0, 0.05) is 20.3 Å². The number of methoxy groups -OCH3 is 1. The van der Waals surface area contributed by atoms with Crippen LogP contribution in [0, 0.1) is 0 Å². The smallest absolute Gasteiger partial charge is 0.187 e. The number of rotatable bonds is 28. The van der Waals surface area contributed by atoms with E-state index >= 15 is 0 Å². The summed E-state index contributed by atoms with van der Waals surface area (Å²) >= 11 is 0. The van der Waals surface area contributed by atoms with Gasteiger partial charge >= 0.3 is 0 Å². The maximum Gasteiger partial charge on any atom is 0.187 e. The normalized spacial score (nSPS) is 11.8. The molecule has 0 rings (SSSR count). The summed E-state index contributed by atoms with van der Waals surface area (Å²) in [6, 6.07) is 0. The third-order valence-corrected chi connectivity index (χ3v) is 6.04. The van der Waals surface area contributed by atoms with E-state index in [-0.39, 0.29) is 6.29 Å². The summed E-state index contributed by atoms with van der Waals surface area (Å²) in [4.78, 5) is 0. The number of allylic oxidation sites excluding steroid dienone is 1. The van der Waals surface area contributed by atoms with Crippen molar-refractivity contribution in [3.8, 4) is 0 Å². The van der Waals surface area contributed by atoms with Crippen molar-refractivity contribution in [3.05, 3.63) is 12.3 Å². The van der Waals surface area contributed by atoms with Crippen LogP contribution in [-0.2, 0) is 18.9 Å². The van der Waals surface area contributed by atoms with Crippen molar-refractivity contribution in [1.29, 1.82) is 0 Å². The molecule has 0 aromatic carbocycles. The van der Waals surface area contributed by atoms with Crippen molar-refractivity contribution in [2.24, 2.45) is 0 Å². The van der Waals surface area contributed by atoms with E-state index in [9.17, 15) is 0 Å². The van der Waals surface area contributed by atoms with Crippen molar-refractivity contribution < 1.29 is 18.9 Å². The Morgan fingerprint density at radius 1 is 0.576 bits per heavy atom. The van der Waals surface area contributed by atoms with E-state index in [1.165, 1.54) is 116 Å². The molecule has 0 saturated heterocycles. The zero-order chi connectivity index (χ0) is 24.1. The van der Waals surface area contributed by atoms with Crippen molar-refractivity contribution in [2.45, 2.75) is 149 Å². The molecule has 0 aliphatic carbocycles. The fourth-order valence-electron chi connectivity index (χ4n) is 3.93. The molecule has 0 heterocycles. The molecule has 0 saturated carbocycles. The number of ether oxygens (including phenoxy) is 4. The van der Waals surface area contributed by atoms with Gasteiger partial charge in [0.05, 0.1) is 6.26 Å². The third-order valence-electron chi connectivity index (χ3n) is 6.04. The van der Waals surface area contributed by atoms with Gasteiger partial charge < -0.3 is 18.9 Å². The van der Waals surface area contributed by atoms with E-state index in [4.69, 9.17) is 18.9 Å². The van der Waals surface area contributed by atoms with Crippen LogP contribution in [0.5, 0.6) is 0 Å². The van der Waals surface area contributed by atoms with E-state index in [0.717, 1.165) is 26.1 Å². The van der Waals surface area contributed by atoms with Gasteiger partial charge in [0.25, 0.3) is 0 Å². The molecule has 0 unspecified atom stereocenters. The van der Waals surface area contributed by atoms with Gasteiger partial charge in [0.15, 0.2) is 13.1 Å². The van der Waals surface area contributed by atoms with Gasteiger partial charge in [-0.05, 0) is 44.6 Å². The van der Waals surface area contributed by atoms with Crippen LogP contribution in [-0.4, -0.2) is 33.4 Å². The summed E-state index contributed by atoms with van der Waals surface area (Å²) in [5.41, 5.74) is 0. The first-order valence-electron chi connectivity index (χ1n) is 14.3. The Kier molecular flexibility index (Phi) is 28.9. The molecule has 33 heavy (non-hydrogen) atoms. The minimum Gasteiger partial charge on any atom is -0.476 e. The highest BCUT2D eigenvalue weighted by Gasteiger charge is 2.09. The second-order valence-corrected chi connectivity index (χ2v) is 9.35. The van der Waals surface area contributed by atoms with Gasteiger partial charge in [-0.2, -0.15) is 0 Å². The standard InChI is InChI=1S/C29H58O4/c1-4-6-8-22-26-32-29(33-27-23-9-7-5-2)24-20-18-16-14-12-10-11-13-15-17-19-21-25-31-28-30-3/h21,25,29H,4-20,22-24,26-28H2,1-3H3. The molecular weight excluding hydrogens is 412 g/mol. The molecule has 0 aromatic heterocycles. The van der Waals surface area contributed by atoms with Crippen LogP contribution in [0.1, 0.15) is 142 Å². The topological polar surface area (TPSA) is 36.9 Å². The predicted molar refractivity (Wildman–Crippen MR) is 141 cm³/mol. The van der Waals surface area contributed by atoms with Crippen molar-refractivity contribution in [2.75, 3.05) is 27.1 Å². The van der Waals surface area contributed by atoms with Gasteiger partial charge in [-0.1, -0.05) is 104 Å². The number of hydrogen-bond acceptors (Lipinski definition) is 4. The summed E-state index contributed by atoms with van der Waals surface area (Å²) in [6.07, 6.45) is 29.5. The summed E-state index contributed by atoms with van der Waals surface area (Å²) in [7, 11) is 1.64. The zero-order valence-corrected chi connectivity index (χ0v) is 22.6. The first kappa shape index (κ1) is 32.4. The lowest BCUT2D eigenvalue weighted by molar-refractivity contribution is -0.148. The van der Waals surface area contributed by atoms with Crippen LogP contribution in [0.25, 0.3) is 0 Å². The Balaban J connectivity index is 3.59. The molecule has 0 aliphatic rings. The lowest BCUT2D eigenvalue weighted by Crippen LogP contribution is -2.19. The Morgan fingerprint density at radius 2 is 1.06 bits per heavy atom. The molecule has 198 valence electrons. The van der Waals surface area contributed by atoms with Crippen LogP contribution >= 0.6 is 0 Å². The highest BCUT2D eigenvalue weighted by molar-refractivity contribution is 4.72. The molecule has 0 spiro atoms. The molecule has 4 nitrogen and oxygen atoms in total. The average Bonchev–Trinajstić information content (AvgIpc) is 2.83. The van der Waals surface area contributed by atoms with Crippen LogP contribution in [0.3, 0.4) is 0 Å². The molecule has 0 aromatic rings. The van der Waals surface area contributed by atoms with Crippen LogP contribution in [0.4, 0.5) is 0 Å². The van der Waals surface area contributed by atoms with E-state index in [0.29, 0.717) is 6.79 Å². The summed E-state index contributed by atoms with van der Waals surface area (Å²) in [5, 5.41) is 0. The zero-order valence-electron chi connectivity index (χ0n) is 22.6. The van der Waals surface area contributed by atoms with Gasteiger partial charge in [-0.25, -0.2) is 0 Å². The lowest BCUT2D eigenvalue weighted by Gasteiger charge is -2.19. The summed E-state index contributed by atoms with van der Waals surface area (Å²) < 4.78 is 22.1. The molecular formula is C29H58O4. The van der Waals surface area contributed by atoms with E-state index < -0.39 is 0 Å². The highest BCUT2D eigenvalue weighted by Crippen LogP contribution is 2.15. The van der Waals surface area contributed by atoms with Gasteiger partial charge in [-0.3, -0.25) is 0 Å². The van der Waals surface area contributed by atoms with Crippen molar-refractivity contribution in [1.82, 2.24) is 0 Å². The molecule has 0 bridgehead atoms. The molecule has 0 amide bonds. The molecule has 0 fully saturated rings. The van der Waals surface area contributed by atoms with Crippen LogP contribution in [0.15, 0.2) is 12.3 Å².